The molecule has 0 saturated carbocycles. The zero-order valence-corrected chi connectivity index (χ0v) is 13.8. The Morgan fingerprint density at radius 2 is 1.95 bits per heavy atom. The maximum atomic E-state index is 11.9. The molecule has 112 valence electrons. The van der Waals surface area contributed by atoms with Crippen LogP contribution in [0.5, 0.6) is 11.5 Å². The fourth-order valence-electron chi connectivity index (χ4n) is 1.41. The van der Waals surface area contributed by atoms with Gasteiger partial charge in [-0.1, -0.05) is 4.40 Å². The molecule has 0 aliphatic heterocycles. The van der Waals surface area contributed by atoms with Crippen LogP contribution >= 0.6 is 0 Å². The molecular weight excluding hydrogens is 274 g/mol. The van der Waals surface area contributed by atoms with Crippen molar-refractivity contribution in [2.75, 3.05) is 7.11 Å². The molecule has 0 saturated heterocycles. The Hall–Kier alpha value is -1.20. The maximum Gasteiger partial charge on any atom is 0.144 e. The number of rotatable bonds is 5. The van der Waals surface area contributed by atoms with Crippen molar-refractivity contribution in [1.82, 2.24) is 0 Å². The summed E-state index contributed by atoms with van der Waals surface area (Å²) in [5.74, 6) is 1.39. The third kappa shape index (κ3) is 5.06. The number of hydrogen-bond donors (Lipinski definition) is 0. The molecule has 0 spiro atoms. The van der Waals surface area contributed by atoms with Crippen LogP contribution in [0, 0.1) is 0 Å². The maximum absolute atomic E-state index is 11.9. The lowest BCUT2D eigenvalue weighted by molar-refractivity contribution is 0.241. The highest BCUT2D eigenvalue weighted by Gasteiger charge is 2.25. The predicted octanol–water partition coefficient (Wildman–Crippen LogP) is 3.36. The van der Waals surface area contributed by atoms with Crippen molar-refractivity contribution in [1.29, 1.82) is 0 Å². The van der Waals surface area contributed by atoms with Gasteiger partial charge in [-0.15, -0.1) is 0 Å². The lowest BCUT2D eigenvalue weighted by atomic mass is 10.2. The smallest absolute Gasteiger partial charge is 0.144 e. The van der Waals surface area contributed by atoms with E-state index < -0.39 is 11.4 Å². The SMILES string of the molecule is COc1cc(OC(C)C)ccc1/C=N\[S+]([O-])C(C)(C)C. The van der Waals surface area contributed by atoms with Crippen LogP contribution in [-0.2, 0) is 11.4 Å². The third-order valence-corrected chi connectivity index (χ3v) is 3.73. The molecule has 0 aliphatic rings. The van der Waals surface area contributed by atoms with E-state index in [2.05, 4.69) is 4.40 Å². The van der Waals surface area contributed by atoms with E-state index in [4.69, 9.17) is 9.47 Å². The molecule has 0 bridgehead atoms. The first kappa shape index (κ1) is 16.9. The highest BCUT2D eigenvalue weighted by atomic mass is 32.2. The summed E-state index contributed by atoms with van der Waals surface area (Å²) in [6.45, 7) is 9.59. The summed E-state index contributed by atoms with van der Waals surface area (Å²) in [6.07, 6.45) is 1.69. The van der Waals surface area contributed by atoms with Crippen LogP contribution in [0.15, 0.2) is 22.6 Å². The summed E-state index contributed by atoms with van der Waals surface area (Å²) >= 11 is -1.28. The topological polar surface area (TPSA) is 53.9 Å². The van der Waals surface area contributed by atoms with Crippen LogP contribution in [-0.4, -0.2) is 28.7 Å². The van der Waals surface area contributed by atoms with E-state index in [0.717, 1.165) is 11.3 Å². The number of hydrogen-bond acceptors (Lipinski definition) is 4. The van der Waals surface area contributed by atoms with E-state index in [0.29, 0.717) is 5.75 Å². The lowest BCUT2D eigenvalue weighted by Crippen LogP contribution is -2.25. The van der Waals surface area contributed by atoms with Crippen molar-refractivity contribution in [2.24, 2.45) is 4.40 Å². The predicted molar refractivity (Wildman–Crippen MR) is 84.2 cm³/mol. The molecule has 0 amide bonds. The van der Waals surface area contributed by atoms with Crippen LogP contribution in [0.3, 0.4) is 0 Å². The minimum Gasteiger partial charge on any atom is -0.591 e. The van der Waals surface area contributed by atoms with Gasteiger partial charge in [0.05, 0.1) is 19.4 Å². The second kappa shape index (κ2) is 6.99. The van der Waals surface area contributed by atoms with E-state index in [1.807, 2.05) is 46.8 Å². The molecule has 5 heteroatoms. The molecule has 0 radical (unpaired) electrons. The van der Waals surface area contributed by atoms with Gasteiger partial charge >= 0.3 is 0 Å². The van der Waals surface area contributed by atoms with E-state index in [1.165, 1.54) is 0 Å². The minimum absolute atomic E-state index is 0.104. The van der Waals surface area contributed by atoms with Crippen LogP contribution in [0.25, 0.3) is 0 Å². The zero-order valence-electron chi connectivity index (χ0n) is 13.0. The van der Waals surface area contributed by atoms with Crippen molar-refractivity contribution in [2.45, 2.75) is 45.5 Å². The molecule has 0 fully saturated rings. The summed E-state index contributed by atoms with van der Waals surface area (Å²) in [4.78, 5) is 0. The van der Waals surface area contributed by atoms with Crippen LogP contribution in [0.4, 0.5) is 0 Å². The summed E-state index contributed by atoms with van der Waals surface area (Å²) in [5, 5.41) is 0. The molecule has 0 aromatic heterocycles. The van der Waals surface area contributed by atoms with Gasteiger partial charge in [-0.25, -0.2) is 0 Å². The number of ether oxygens (including phenoxy) is 2. The van der Waals surface area contributed by atoms with Crippen molar-refractivity contribution in [3.63, 3.8) is 0 Å². The van der Waals surface area contributed by atoms with Gasteiger partial charge in [-0.2, -0.15) is 0 Å². The number of nitrogens with zero attached hydrogens (tertiary/aromatic N) is 1. The number of methoxy groups -OCH3 is 1. The summed E-state index contributed by atoms with van der Waals surface area (Å²) in [5.41, 5.74) is 0.779. The van der Waals surface area contributed by atoms with Gasteiger partial charge in [0.25, 0.3) is 0 Å². The Bertz CT molecular complexity index is 467. The van der Waals surface area contributed by atoms with Gasteiger partial charge in [-0.3, -0.25) is 0 Å². The van der Waals surface area contributed by atoms with E-state index in [9.17, 15) is 4.55 Å². The Balaban J connectivity index is 2.93. The first-order chi connectivity index (χ1) is 9.24. The van der Waals surface area contributed by atoms with E-state index in [-0.39, 0.29) is 10.9 Å². The van der Waals surface area contributed by atoms with E-state index in [1.54, 1.807) is 19.4 Å². The zero-order chi connectivity index (χ0) is 15.3. The van der Waals surface area contributed by atoms with Gasteiger partial charge < -0.3 is 14.0 Å². The largest absolute Gasteiger partial charge is 0.591 e. The Kier molecular flexibility index (Phi) is 5.89. The van der Waals surface area contributed by atoms with E-state index >= 15 is 0 Å². The van der Waals surface area contributed by atoms with Crippen LogP contribution < -0.4 is 9.47 Å². The molecule has 1 rings (SSSR count). The first-order valence-corrected chi connectivity index (χ1v) is 7.65. The van der Waals surface area contributed by atoms with Gasteiger partial charge in [-0.05, 0) is 46.8 Å². The molecule has 1 unspecified atom stereocenters. The Morgan fingerprint density at radius 1 is 1.30 bits per heavy atom. The second-order valence-corrected chi connectivity index (χ2v) is 7.60. The summed E-state index contributed by atoms with van der Waals surface area (Å²) in [6, 6.07) is 5.51. The molecule has 1 aromatic rings. The van der Waals surface area contributed by atoms with Gasteiger partial charge in [0.2, 0.25) is 0 Å². The molecule has 20 heavy (non-hydrogen) atoms. The fourth-order valence-corrected chi connectivity index (χ4v) is 1.93. The third-order valence-electron chi connectivity index (χ3n) is 2.39. The van der Waals surface area contributed by atoms with Gasteiger partial charge in [0.1, 0.15) is 27.6 Å². The number of benzene rings is 1. The average molecular weight is 297 g/mol. The van der Waals surface area contributed by atoms with Gasteiger partial charge in [0.15, 0.2) is 0 Å². The standard InChI is InChI=1S/C15H23NO3S/c1-11(2)19-13-8-7-12(14(9-13)18-6)10-16-20(17)15(3,4)5/h7-11H,1-6H3/b16-10-. The molecular formula is C15H23NO3S. The Labute approximate surface area is 124 Å². The highest BCUT2D eigenvalue weighted by Crippen LogP contribution is 2.25. The lowest BCUT2D eigenvalue weighted by Gasteiger charge is -2.18. The quantitative estimate of drug-likeness (QED) is 0.618. The normalized spacial score (nSPS) is 13.8. The van der Waals surface area contributed by atoms with Gasteiger partial charge in [0, 0.05) is 11.6 Å². The Morgan fingerprint density at radius 3 is 2.45 bits per heavy atom. The van der Waals surface area contributed by atoms with Crippen molar-refractivity contribution >= 4 is 17.6 Å². The average Bonchev–Trinajstić information content (AvgIpc) is 2.34. The highest BCUT2D eigenvalue weighted by molar-refractivity contribution is 7.91. The monoisotopic (exact) mass is 297 g/mol. The van der Waals surface area contributed by atoms with Crippen molar-refractivity contribution in [3.8, 4) is 11.5 Å². The van der Waals surface area contributed by atoms with Crippen LogP contribution in [0.1, 0.15) is 40.2 Å². The fraction of sp³-hybridized carbons (Fsp3) is 0.533. The first-order valence-electron chi connectivity index (χ1n) is 6.55. The summed E-state index contributed by atoms with van der Waals surface area (Å²) < 4.78 is 26.5. The van der Waals surface area contributed by atoms with Crippen molar-refractivity contribution in [3.05, 3.63) is 23.8 Å². The molecule has 1 aromatic carbocycles. The molecule has 0 heterocycles. The van der Waals surface area contributed by atoms with Crippen LogP contribution in [0.2, 0.25) is 0 Å². The van der Waals surface area contributed by atoms with Crippen molar-refractivity contribution < 1.29 is 14.0 Å². The molecule has 0 N–H and O–H groups in total. The molecule has 1 atom stereocenters. The second-order valence-electron chi connectivity index (χ2n) is 5.67. The molecule has 4 nitrogen and oxygen atoms in total. The minimum atomic E-state index is -1.28. The molecule has 0 aliphatic carbocycles. The summed E-state index contributed by atoms with van der Waals surface area (Å²) in [7, 11) is 1.59.